The van der Waals surface area contributed by atoms with E-state index in [1.165, 1.54) is 0 Å². The minimum Gasteiger partial charge on any atom is -0.346 e. The maximum absolute atomic E-state index is 12.7. The van der Waals surface area contributed by atoms with Gasteiger partial charge in [0.25, 0.3) is 5.91 Å². The fourth-order valence-electron chi connectivity index (χ4n) is 2.64. The summed E-state index contributed by atoms with van der Waals surface area (Å²) in [6.45, 7) is 2.50. The average Bonchev–Trinajstić information content (AvgIpc) is 3.35. The first-order valence-corrected chi connectivity index (χ1v) is 8.50. The predicted octanol–water partition coefficient (Wildman–Crippen LogP) is 2.39. The lowest BCUT2D eigenvalue weighted by Crippen LogP contribution is -2.25. The molecule has 0 aliphatic rings. The second kappa shape index (κ2) is 6.10. The number of nitrogens with one attached hydrogen (secondary N) is 2. The topological polar surface area (TPSA) is 103 Å². The van der Waals surface area contributed by atoms with Crippen LogP contribution in [0.3, 0.4) is 0 Å². The van der Waals surface area contributed by atoms with Crippen LogP contribution in [0.2, 0.25) is 0 Å². The van der Waals surface area contributed by atoms with Gasteiger partial charge in [0.2, 0.25) is 5.82 Å². The molecule has 0 aliphatic heterocycles. The molecule has 0 atom stereocenters. The van der Waals surface area contributed by atoms with Crippen molar-refractivity contribution in [3.05, 3.63) is 45.9 Å². The summed E-state index contributed by atoms with van der Waals surface area (Å²) in [6, 6.07) is 3.85. The number of H-pyrrole nitrogens is 2. The van der Waals surface area contributed by atoms with E-state index in [2.05, 4.69) is 30.6 Å². The van der Waals surface area contributed by atoms with Gasteiger partial charge in [0, 0.05) is 40.6 Å². The molecule has 1 amide bonds. The van der Waals surface area contributed by atoms with E-state index in [9.17, 15) is 4.79 Å². The Morgan fingerprint density at radius 3 is 3.04 bits per heavy atom. The highest BCUT2D eigenvalue weighted by atomic mass is 32.1. The van der Waals surface area contributed by atoms with Crippen molar-refractivity contribution in [2.75, 3.05) is 7.05 Å². The third-order valence-electron chi connectivity index (χ3n) is 3.98. The summed E-state index contributed by atoms with van der Waals surface area (Å²) < 4.78 is 0. The second-order valence-corrected chi connectivity index (χ2v) is 6.79. The molecule has 25 heavy (non-hydrogen) atoms. The number of fused-ring (bicyclic) bond motifs is 1. The minimum atomic E-state index is -0.0653. The summed E-state index contributed by atoms with van der Waals surface area (Å²) in [5, 5.41) is 16.8. The lowest BCUT2D eigenvalue weighted by atomic mass is 10.1. The Hall–Kier alpha value is -3.07. The number of hydrogen-bond acceptors (Lipinski definition) is 6. The van der Waals surface area contributed by atoms with Gasteiger partial charge in [-0.3, -0.25) is 4.79 Å². The number of hydrogen-bond donors (Lipinski definition) is 2. The van der Waals surface area contributed by atoms with E-state index in [0.29, 0.717) is 17.9 Å². The Morgan fingerprint density at radius 2 is 2.24 bits per heavy atom. The molecule has 0 aliphatic carbocycles. The van der Waals surface area contributed by atoms with Crippen molar-refractivity contribution in [1.29, 1.82) is 0 Å². The molecule has 0 unspecified atom stereocenters. The highest BCUT2D eigenvalue weighted by molar-refractivity contribution is 7.10. The molecule has 4 rings (SSSR count). The van der Waals surface area contributed by atoms with Crippen molar-refractivity contribution in [2.24, 2.45) is 0 Å². The number of aromatic amines is 2. The third kappa shape index (κ3) is 2.89. The molecule has 4 aromatic heterocycles. The lowest BCUT2D eigenvalue weighted by Gasteiger charge is -2.16. The number of tetrazole rings is 1. The smallest absolute Gasteiger partial charge is 0.255 e. The molecule has 0 saturated carbocycles. The van der Waals surface area contributed by atoms with Gasteiger partial charge in [0.05, 0.1) is 12.1 Å². The molecular formula is C16H15N7OS. The maximum Gasteiger partial charge on any atom is 0.255 e. The van der Waals surface area contributed by atoms with E-state index in [1.54, 1.807) is 29.5 Å². The van der Waals surface area contributed by atoms with Crippen LogP contribution in [0.15, 0.2) is 29.9 Å². The van der Waals surface area contributed by atoms with Crippen LogP contribution in [0, 0.1) is 6.92 Å². The van der Waals surface area contributed by atoms with E-state index in [1.807, 2.05) is 30.6 Å². The van der Waals surface area contributed by atoms with Gasteiger partial charge in [-0.1, -0.05) is 0 Å². The highest BCUT2D eigenvalue weighted by Crippen LogP contribution is 2.24. The van der Waals surface area contributed by atoms with Crippen molar-refractivity contribution in [1.82, 2.24) is 35.5 Å². The Bertz CT molecular complexity index is 1030. The molecule has 0 spiro atoms. The molecule has 9 heteroatoms. The predicted molar refractivity (Wildman–Crippen MR) is 94.1 cm³/mol. The lowest BCUT2D eigenvalue weighted by molar-refractivity contribution is 0.0786. The SMILES string of the molecule is Cc1c[nH]c2ncc(C(=O)N(C)Cc3cc(-c4nn[nH]n4)cs3)cc12. The number of carbonyl (C=O) groups is 1. The normalized spacial score (nSPS) is 11.1. The van der Waals surface area contributed by atoms with Crippen LogP contribution in [-0.2, 0) is 6.54 Å². The van der Waals surface area contributed by atoms with E-state index >= 15 is 0 Å². The number of thiophene rings is 1. The number of carbonyl (C=O) groups excluding carboxylic acids is 1. The summed E-state index contributed by atoms with van der Waals surface area (Å²) in [5.41, 5.74) is 3.33. The largest absolute Gasteiger partial charge is 0.346 e. The molecule has 8 nitrogen and oxygen atoms in total. The van der Waals surface area contributed by atoms with Gasteiger partial charge in [-0.25, -0.2) is 4.98 Å². The molecule has 0 fully saturated rings. The zero-order chi connectivity index (χ0) is 17.4. The number of rotatable bonds is 4. The van der Waals surface area contributed by atoms with Gasteiger partial charge in [0.15, 0.2) is 0 Å². The molecule has 126 valence electrons. The monoisotopic (exact) mass is 353 g/mol. The quantitative estimate of drug-likeness (QED) is 0.586. The minimum absolute atomic E-state index is 0.0653. The fourth-order valence-corrected chi connectivity index (χ4v) is 3.56. The van der Waals surface area contributed by atoms with Crippen molar-refractivity contribution in [3.63, 3.8) is 0 Å². The van der Waals surface area contributed by atoms with Crippen molar-refractivity contribution >= 4 is 28.3 Å². The van der Waals surface area contributed by atoms with Crippen molar-refractivity contribution < 1.29 is 4.79 Å². The van der Waals surface area contributed by atoms with Gasteiger partial charge in [-0.15, -0.1) is 21.5 Å². The first-order valence-electron chi connectivity index (χ1n) is 7.62. The first-order chi connectivity index (χ1) is 12.1. The van der Waals surface area contributed by atoms with E-state index in [-0.39, 0.29) is 5.91 Å². The van der Waals surface area contributed by atoms with Gasteiger partial charge in [0.1, 0.15) is 5.65 Å². The Morgan fingerprint density at radius 1 is 1.36 bits per heavy atom. The Kier molecular flexibility index (Phi) is 3.77. The van der Waals surface area contributed by atoms with Crippen LogP contribution in [-0.4, -0.2) is 48.4 Å². The highest BCUT2D eigenvalue weighted by Gasteiger charge is 2.16. The van der Waals surface area contributed by atoms with Gasteiger partial charge >= 0.3 is 0 Å². The van der Waals surface area contributed by atoms with Gasteiger partial charge < -0.3 is 9.88 Å². The molecule has 2 N–H and O–H groups in total. The molecule has 0 aromatic carbocycles. The number of nitrogens with zero attached hydrogens (tertiary/aromatic N) is 5. The average molecular weight is 353 g/mol. The number of aryl methyl sites for hydroxylation is 1. The molecular weight excluding hydrogens is 338 g/mol. The van der Waals surface area contributed by atoms with Crippen LogP contribution in [0.25, 0.3) is 22.4 Å². The molecule has 0 radical (unpaired) electrons. The van der Waals surface area contributed by atoms with Gasteiger partial charge in [-0.2, -0.15) is 5.21 Å². The number of pyridine rings is 1. The molecule has 0 saturated heterocycles. The van der Waals surface area contributed by atoms with Crippen LogP contribution >= 0.6 is 11.3 Å². The fraction of sp³-hybridized carbons (Fsp3) is 0.188. The summed E-state index contributed by atoms with van der Waals surface area (Å²) >= 11 is 1.56. The second-order valence-electron chi connectivity index (χ2n) is 5.79. The maximum atomic E-state index is 12.7. The van der Waals surface area contributed by atoms with Gasteiger partial charge in [-0.05, 0) is 29.8 Å². The zero-order valence-electron chi connectivity index (χ0n) is 13.6. The molecule has 0 bridgehead atoms. The van der Waals surface area contributed by atoms with E-state index in [4.69, 9.17) is 0 Å². The van der Waals surface area contributed by atoms with Crippen LogP contribution < -0.4 is 0 Å². The van der Waals surface area contributed by atoms with Crippen LogP contribution in [0.4, 0.5) is 0 Å². The Labute approximate surface area is 146 Å². The number of aromatic nitrogens is 6. The summed E-state index contributed by atoms with van der Waals surface area (Å²) in [4.78, 5) is 22.8. The van der Waals surface area contributed by atoms with Crippen molar-refractivity contribution in [2.45, 2.75) is 13.5 Å². The van der Waals surface area contributed by atoms with Crippen molar-refractivity contribution in [3.8, 4) is 11.4 Å². The number of amides is 1. The third-order valence-corrected chi connectivity index (χ3v) is 4.90. The first kappa shape index (κ1) is 15.5. The van der Waals surface area contributed by atoms with E-state index < -0.39 is 0 Å². The standard InChI is InChI=1S/C16H15N7OS/c1-9-5-17-15-13(9)4-10(6-18-15)16(24)23(2)7-12-3-11(8-25-12)14-19-21-22-20-14/h3-6,8H,7H2,1-2H3,(H,17,18)(H,19,20,21,22). The van der Waals surface area contributed by atoms with Crippen LogP contribution in [0.1, 0.15) is 20.8 Å². The Balaban J connectivity index is 1.52. The van der Waals surface area contributed by atoms with E-state index in [0.717, 1.165) is 27.0 Å². The molecule has 4 aromatic rings. The summed E-state index contributed by atoms with van der Waals surface area (Å²) in [6.07, 6.45) is 3.50. The summed E-state index contributed by atoms with van der Waals surface area (Å²) in [5.74, 6) is 0.485. The molecule has 4 heterocycles. The summed E-state index contributed by atoms with van der Waals surface area (Å²) in [7, 11) is 1.78. The van der Waals surface area contributed by atoms with Crippen LogP contribution in [0.5, 0.6) is 0 Å². The zero-order valence-corrected chi connectivity index (χ0v) is 14.5.